The number of nitrogens with zero attached hydrogens (tertiary/aromatic N) is 1. The molecule has 5 nitrogen and oxygen atoms in total. The number of sulfone groups is 1. The van der Waals surface area contributed by atoms with E-state index in [4.69, 9.17) is 0 Å². The van der Waals surface area contributed by atoms with Gasteiger partial charge in [0.15, 0.2) is 16.1 Å². The van der Waals surface area contributed by atoms with Crippen LogP contribution >= 0.6 is 0 Å². The number of hydrogen-bond acceptors (Lipinski definition) is 4. The van der Waals surface area contributed by atoms with Gasteiger partial charge in [-0.15, -0.1) is 0 Å². The molecular formula is C7H8N2O3S. The number of carbonyl (C=O) groups is 1. The van der Waals surface area contributed by atoms with Crippen LogP contribution in [0, 0.1) is 0 Å². The predicted octanol–water partition coefficient (Wildman–Crippen LogP) is -0.307. The summed E-state index contributed by atoms with van der Waals surface area (Å²) in [5.41, 5.74) is 1.54. The minimum absolute atomic E-state index is 0.0626. The van der Waals surface area contributed by atoms with Gasteiger partial charge in [0.2, 0.25) is 0 Å². The number of H-pyrrole nitrogens is 1. The van der Waals surface area contributed by atoms with Crippen molar-refractivity contribution in [2.45, 2.75) is 12.2 Å². The van der Waals surface area contributed by atoms with Crippen LogP contribution in [0.5, 0.6) is 0 Å². The molecule has 1 aliphatic heterocycles. The maximum atomic E-state index is 11.2. The number of aryl methyl sites for hydroxylation is 1. The van der Waals surface area contributed by atoms with E-state index >= 15 is 0 Å². The molecule has 13 heavy (non-hydrogen) atoms. The maximum Gasteiger partial charge on any atom is 0.170 e. The van der Waals surface area contributed by atoms with Crippen molar-refractivity contribution in [3.63, 3.8) is 0 Å². The van der Waals surface area contributed by atoms with Crippen molar-refractivity contribution in [3.05, 3.63) is 17.0 Å². The number of fused-ring (bicyclic) bond motifs is 1. The molecule has 0 saturated heterocycles. The van der Waals surface area contributed by atoms with Gasteiger partial charge in [0.25, 0.3) is 0 Å². The zero-order valence-electron chi connectivity index (χ0n) is 6.78. The van der Waals surface area contributed by atoms with Crippen molar-refractivity contribution in [2.24, 2.45) is 0 Å². The standard InChI is InChI=1S/C7H8N2O3S/c10-3-7-5-4-13(11,12)2-1-6(5)8-9-7/h3H,1-2,4H2,(H,8,9). The van der Waals surface area contributed by atoms with Gasteiger partial charge in [-0.3, -0.25) is 9.89 Å². The summed E-state index contributed by atoms with van der Waals surface area (Å²) < 4.78 is 22.4. The molecule has 6 heteroatoms. The van der Waals surface area contributed by atoms with Gasteiger partial charge in [-0.25, -0.2) is 8.42 Å². The molecule has 0 bridgehead atoms. The fourth-order valence-corrected chi connectivity index (χ4v) is 2.85. The predicted molar refractivity (Wildman–Crippen MR) is 45.2 cm³/mol. The first kappa shape index (κ1) is 8.43. The second-order valence-corrected chi connectivity index (χ2v) is 5.21. The molecule has 0 saturated carbocycles. The van der Waals surface area contributed by atoms with Gasteiger partial charge in [-0.05, 0) is 0 Å². The van der Waals surface area contributed by atoms with Crippen LogP contribution in [-0.4, -0.2) is 30.7 Å². The van der Waals surface area contributed by atoms with E-state index in [1.165, 1.54) is 0 Å². The topological polar surface area (TPSA) is 79.9 Å². The van der Waals surface area contributed by atoms with Crippen LogP contribution in [0.15, 0.2) is 0 Å². The molecule has 0 radical (unpaired) electrons. The average Bonchev–Trinajstić information content (AvgIpc) is 2.44. The van der Waals surface area contributed by atoms with Gasteiger partial charge in [0.1, 0.15) is 5.69 Å². The van der Waals surface area contributed by atoms with Gasteiger partial charge in [0.05, 0.1) is 11.5 Å². The average molecular weight is 200 g/mol. The third-order valence-corrected chi connectivity index (χ3v) is 3.68. The van der Waals surface area contributed by atoms with E-state index < -0.39 is 9.84 Å². The maximum absolute atomic E-state index is 11.2. The summed E-state index contributed by atoms with van der Waals surface area (Å²) in [5, 5.41) is 6.39. The molecule has 0 atom stereocenters. The molecule has 70 valence electrons. The van der Waals surface area contributed by atoms with Crippen LogP contribution in [0.25, 0.3) is 0 Å². The third kappa shape index (κ3) is 1.37. The molecule has 2 heterocycles. The van der Waals surface area contributed by atoms with E-state index in [2.05, 4.69) is 10.2 Å². The zero-order valence-corrected chi connectivity index (χ0v) is 7.60. The summed E-state index contributed by atoms with van der Waals surface area (Å²) in [4.78, 5) is 10.5. The van der Waals surface area contributed by atoms with Crippen molar-refractivity contribution < 1.29 is 13.2 Å². The van der Waals surface area contributed by atoms with Crippen LogP contribution in [0.2, 0.25) is 0 Å². The van der Waals surface area contributed by atoms with Gasteiger partial charge < -0.3 is 0 Å². The highest BCUT2D eigenvalue weighted by molar-refractivity contribution is 7.90. The van der Waals surface area contributed by atoms with Crippen LogP contribution in [0.4, 0.5) is 0 Å². The molecule has 0 fully saturated rings. The van der Waals surface area contributed by atoms with Crippen molar-refractivity contribution in [1.29, 1.82) is 0 Å². The van der Waals surface area contributed by atoms with E-state index in [9.17, 15) is 13.2 Å². The second-order valence-electron chi connectivity index (χ2n) is 3.03. The summed E-state index contributed by atoms with van der Waals surface area (Å²) in [7, 11) is -3.02. The Morgan fingerprint density at radius 2 is 2.23 bits per heavy atom. The Kier molecular flexibility index (Phi) is 1.73. The highest BCUT2D eigenvalue weighted by Crippen LogP contribution is 2.20. The SMILES string of the molecule is O=Cc1n[nH]c2c1CS(=O)(=O)CC2. The largest absolute Gasteiger partial charge is 0.296 e. The molecule has 1 aromatic heterocycles. The monoisotopic (exact) mass is 200 g/mol. The second kappa shape index (κ2) is 2.66. The summed E-state index contributed by atoms with van der Waals surface area (Å²) in [5.74, 6) is 0.0768. The Balaban J connectivity index is 2.53. The highest BCUT2D eigenvalue weighted by Gasteiger charge is 2.25. The summed E-state index contributed by atoms with van der Waals surface area (Å²) in [6.45, 7) is 0. The molecule has 1 N–H and O–H groups in total. The number of rotatable bonds is 1. The van der Waals surface area contributed by atoms with E-state index in [1.807, 2.05) is 0 Å². The molecule has 0 amide bonds. The number of aldehydes is 1. The van der Waals surface area contributed by atoms with Crippen LogP contribution in [-0.2, 0) is 22.0 Å². The van der Waals surface area contributed by atoms with Crippen molar-refractivity contribution in [1.82, 2.24) is 10.2 Å². The first-order valence-electron chi connectivity index (χ1n) is 3.84. The number of carbonyl (C=O) groups excluding carboxylic acids is 1. The zero-order chi connectivity index (χ0) is 9.47. The number of nitrogens with one attached hydrogen (secondary N) is 1. The lowest BCUT2D eigenvalue weighted by Gasteiger charge is -2.10. The number of hydrogen-bond donors (Lipinski definition) is 1. The van der Waals surface area contributed by atoms with Crippen LogP contribution < -0.4 is 0 Å². The van der Waals surface area contributed by atoms with Crippen LogP contribution in [0.1, 0.15) is 21.7 Å². The van der Waals surface area contributed by atoms with Crippen molar-refractivity contribution in [3.8, 4) is 0 Å². The lowest BCUT2D eigenvalue weighted by molar-refractivity contribution is 0.111. The summed E-state index contributed by atoms with van der Waals surface area (Å²) >= 11 is 0. The lowest BCUT2D eigenvalue weighted by atomic mass is 10.2. The quantitative estimate of drug-likeness (QED) is 0.631. The highest BCUT2D eigenvalue weighted by atomic mass is 32.2. The van der Waals surface area contributed by atoms with E-state index in [-0.39, 0.29) is 17.2 Å². The number of aromatic nitrogens is 2. The third-order valence-electron chi connectivity index (χ3n) is 2.12. The smallest absolute Gasteiger partial charge is 0.170 e. The van der Waals surface area contributed by atoms with E-state index in [0.717, 1.165) is 5.69 Å². The molecule has 0 aromatic carbocycles. The minimum Gasteiger partial charge on any atom is -0.296 e. The number of aromatic amines is 1. The van der Waals surface area contributed by atoms with E-state index in [1.54, 1.807) is 0 Å². The summed E-state index contributed by atoms with van der Waals surface area (Å²) in [6.07, 6.45) is 1.01. The van der Waals surface area contributed by atoms with Crippen molar-refractivity contribution >= 4 is 16.1 Å². The van der Waals surface area contributed by atoms with Gasteiger partial charge >= 0.3 is 0 Å². The first-order chi connectivity index (χ1) is 6.12. The van der Waals surface area contributed by atoms with Gasteiger partial charge in [-0.1, -0.05) is 0 Å². The molecule has 1 aliphatic rings. The molecule has 0 aliphatic carbocycles. The van der Waals surface area contributed by atoms with E-state index in [0.29, 0.717) is 18.3 Å². The van der Waals surface area contributed by atoms with Crippen molar-refractivity contribution in [2.75, 3.05) is 5.75 Å². The lowest BCUT2D eigenvalue weighted by Crippen LogP contribution is -2.18. The fourth-order valence-electron chi connectivity index (χ4n) is 1.43. The minimum atomic E-state index is -3.02. The Morgan fingerprint density at radius 3 is 2.92 bits per heavy atom. The molecular weight excluding hydrogens is 192 g/mol. The molecule has 2 rings (SSSR count). The van der Waals surface area contributed by atoms with Gasteiger partial charge in [-0.2, -0.15) is 5.10 Å². The Hall–Kier alpha value is -1.17. The normalized spacial score (nSPS) is 19.4. The van der Waals surface area contributed by atoms with Crippen LogP contribution in [0.3, 0.4) is 0 Å². The summed E-state index contributed by atoms with van der Waals surface area (Å²) in [6, 6.07) is 0. The Labute approximate surface area is 75.1 Å². The Bertz CT molecular complexity index is 446. The molecule has 0 unspecified atom stereocenters. The Morgan fingerprint density at radius 1 is 1.46 bits per heavy atom. The molecule has 1 aromatic rings. The first-order valence-corrected chi connectivity index (χ1v) is 5.66. The fraction of sp³-hybridized carbons (Fsp3) is 0.429. The molecule has 0 spiro atoms. The van der Waals surface area contributed by atoms with Gasteiger partial charge in [0, 0.05) is 17.7 Å².